The van der Waals surface area contributed by atoms with Crippen LogP contribution in [0.4, 0.5) is 35.1 Å². The molecule has 16 heavy (non-hydrogen) atoms. The normalized spacial score (nSPS) is 16.3. The van der Waals surface area contributed by atoms with E-state index in [2.05, 4.69) is 4.74 Å². The molecule has 1 nitrogen and oxygen atoms in total. The van der Waals surface area contributed by atoms with Crippen molar-refractivity contribution in [2.45, 2.75) is 37.7 Å². The Balaban J connectivity index is 4.76. The molecule has 98 valence electrons. The highest BCUT2D eigenvalue weighted by Gasteiger charge is 2.64. The standard InChI is InChI=1S/C7H8F8O/c1-2-16-7(14,15)6(12,13)4(8)3-5(9,10)11/h4H,2-3H2,1H3. The second-order valence-corrected chi connectivity index (χ2v) is 2.86. The van der Waals surface area contributed by atoms with Crippen molar-refractivity contribution in [3.05, 3.63) is 0 Å². The first-order chi connectivity index (χ1) is 6.94. The van der Waals surface area contributed by atoms with Gasteiger partial charge in [0.25, 0.3) is 0 Å². The van der Waals surface area contributed by atoms with Gasteiger partial charge in [0.05, 0.1) is 13.0 Å². The second-order valence-electron chi connectivity index (χ2n) is 2.86. The minimum Gasteiger partial charge on any atom is -0.316 e. The molecule has 0 amide bonds. The van der Waals surface area contributed by atoms with Crippen molar-refractivity contribution in [3.8, 4) is 0 Å². The van der Waals surface area contributed by atoms with E-state index in [0.29, 0.717) is 0 Å². The van der Waals surface area contributed by atoms with Gasteiger partial charge in [-0.3, -0.25) is 0 Å². The summed E-state index contributed by atoms with van der Waals surface area (Å²) in [6, 6.07) is 0. The maximum Gasteiger partial charge on any atom is 0.422 e. The summed E-state index contributed by atoms with van der Waals surface area (Å²) in [7, 11) is 0. The van der Waals surface area contributed by atoms with Gasteiger partial charge in [-0.2, -0.15) is 30.7 Å². The molecular formula is C7H8F8O. The average Bonchev–Trinajstić information content (AvgIpc) is 2.00. The Bertz CT molecular complexity index is 223. The molecule has 0 aromatic heterocycles. The summed E-state index contributed by atoms with van der Waals surface area (Å²) < 4.78 is 100. The minimum absolute atomic E-state index is 0.888. The van der Waals surface area contributed by atoms with Gasteiger partial charge >= 0.3 is 18.2 Å². The molecule has 0 spiro atoms. The molecule has 0 aromatic carbocycles. The van der Waals surface area contributed by atoms with Gasteiger partial charge in [0.15, 0.2) is 6.17 Å². The van der Waals surface area contributed by atoms with Crippen LogP contribution in [0.1, 0.15) is 13.3 Å². The molecule has 0 fully saturated rings. The molecule has 0 aliphatic heterocycles. The molecule has 0 bridgehead atoms. The molecule has 0 saturated heterocycles. The Kier molecular flexibility index (Phi) is 4.55. The lowest BCUT2D eigenvalue weighted by molar-refractivity contribution is -0.365. The van der Waals surface area contributed by atoms with Crippen LogP contribution in [0.5, 0.6) is 0 Å². The Morgan fingerprint density at radius 1 is 1.00 bits per heavy atom. The summed E-state index contributed by atoms with van der Waals surface area (Å²) in [6.45, 7) is 0.0301. The van der Waals surface area contributed by atoms with E-state index in [0.717, 1.165) is 6.92 Å². The van der Waals surface area contributed by atoms with Gasteiger partial charge in [-0.15, -0.1) is 0 Å². The molecule has 0 saturated carbocycles. The Labute approximate surface area is 85.4 Å². The Hall–Kier alpha value is -0.600. The average molecular weight is 260 g/mol. The van der Waals surface area contributed by atoms with Crippen molar-refractivity contribution >= 4 is 0 Å². The maximum absolute atomic E-state index is 12.6. The summed E-state index contributed by atoms with van der Waals surface area (Å²) >= 11 is 0. The van der Waals surface area contributed by atoms with E-state index in [4.69, 9.17) is 0 Å². The summed E-state index contributed by atoms with van der Waals surface area (Å²) in [5, 5.41) is 0. The van der Waals surface area contributed by atoms with E-state index in [1.807, 2.05) is 0 Å². The van der Waals surface area contributed by atoms with E-state index in [1.165, 1.54) is 0 Å². The third-order valence-corrected chi connectivity index (χ3v) is 1.52. The lowest BCUT2D eigenvalue weighted by Crippen LogP contribution is -2.50. The summed E-state index contributed by atoms with van der Waals surface area (Å²) in [4.78, 5) is 0. The third kappa shape index (κ3) is 3.76. The molecule has 1 atom stereocenters. The summed E-state index contributed by atoms with van der Waals surface area (Å²) in [5.41, 5.74) is 0. The molecule has 0 aliphatic rings. The van der Waals surface area contributed by atoms with Crippen molar-refractivity contribution in [1.29, 1.82) is 0 Å². The molecule has 9 heteroatoms. The monoisotopic (exact) mass is 260 g/mol. The van der Waals surface area contributed by atoms with E-state index in [9.17, 15) is 35.1 Å². The molecular weight excluding hydrogens is 252 g/mol. The van der Waals surface area contributed by atoms with E-state index < -0.39 is 37.4 Å². The fraction of sp³-hybridized carbons (Fsp3) is 1.00. The van der Waals surface area contributed by atoms with E-state index in [-0.39, 0.29) is 0 Å². The minimum atomic E-state index is -5.53. The zero-order chi connectivity index (χ0) is 13.2. The molecule has 0 N–H and O–H groups in total. The van der Waals surface area contributed by atoms with Gasteiger partial charge < -0.3 is 4.74 Å². The maximum atomic E-state index is 12.6. The highest BCUT2D eigenvalue weighted by atomic mass is 19.4. The van der Waals surface area contributed by atoms with Crippen LogP contribution in [-0.2, 0) is 4.74 Å². The summed E-state index contributed by atoms with van der Waals surface area (Å²) in [6.07, 6.45) is -17.3. The molecule has 1 unspecified atom stereocenters. The van der Waals surface area contributed by atoms with Gasteiger partial charge in [-0.25, -0.2) is 4.39 Å². The lowest BCUT2D eigenvalue weighted by atomic mass is 10.1. The first-order valence-electron chi connectivity index (χ1n) is 4.04. The van der Waals surface area contributed by atoms with Crippen molar-refractivity contribution in [2.24, 2.45) is 0 Å². The quantitative estimate of drug-likeness (QED) is 0.687. The second kappa shape index (κ2) is 4.72. The van der Waals surface area contributed by atoms with Crippen molar-refractivity contribution in [2.75, 3.05) is 6.61 Å². The van der Waals surface area contributed by atoms with Crippen LogP contribution in [-0.4, -0.2) is 31.0 Å². The Morgan fingerprint density at radius 3 is 1.75 bits per heavy atom. The highest BCUT2D eigenvalue weighted by molar-refractivity contribution is 4.86. The van der Waals surface area contributed by atoms with E-state index in [1.54, 1.807) is 0 Å². The number of rotatable bonds is 5. The van der Waals surface area contributed by atoms with Crippen molar-refractivity contribution < 1.29 is 39.9 Å². The topological polar surface area (TPSA) is 9.23 Å². The summed E-state index contributed by atoms with van der Waals surface area (Å²) in [5.74, 6) is -5.53. The van der Waals surface area contributed by atoms with Gasteiger partial charge in [0.1, 0.15) is 0 Å². The van der Waals surface area contributed by atoms with Crippen LogP contribution in [0.3, 0.4) is 0 Å². The van der Waals surface area contributed by atoms with Crippen LogP contribution in [0.25, 0.3) is 0 Å². The largest absolute Gasteiger partial charge is 0.422 e. The fourth-order valence-corrected chi connectivity index (χ4v) is 0.791. The zero-order valence-electron chi connectivity index (χ0n) is 7.92. The third-order valence-electron chi connectivity index (χ3n) is 1.52. The number of alkyl halides is 8. The van der Waals surface area contributed by atoms with Crippen molar-refractivity contribution in [1.82, 2.24) is 0 Å². The SMILES string of the molecule is CCOC(F)(F)C(F)(F)C(F)CC(F)(F)F. The first-order valence-corrected chi connectivity index (χ1v) is 4.04. The molecule has 0 aliphatic carbocycles. The highest BCUT2D eigenvalue weighted by Crippen LogP contribution is 2.42. The number of hydrogen-bond donors (Lipinski definition) is 0. The molecule has 0 radical (unpaired) electrons. The van der Waals surface area contributed by atoms with Crippen LogP contribution in [0.2, 0.25) is 0 Å². The van der Waals surface area contributed by atoms with E-state index >= 15 is 0 Å². The fourth-order valence-electron chi connectivity index (χ4n) is 0.791. The Morgan fingerprint density at radius 2 is 1.44 bits per heavy atom. The van der Waals surface area contributed by atoms with Crippen LogP contribution in [0.15, 0.2) is 0 Å². The predicted octanol–water partition coefficient (Wildman–Crippen LogP) is 3.54. The lowest BCUT2D eigenvalue weighted by Gasteiger charge is -2.28. The zero-order valence-corrected chi connectivity index (χ0v) is 7.92. The molecule has 0 heterocycles. The van der Waals surface area contributed by atoms with Gasteiger partial charge in [-0.05, 0) is 6.92 Å². The van der Waals surface area contributed by atoms with Crippen LogP contribution in [0, 0.1) is 0 Å². The van der Waals surface area contributed by atoms with Crippen LogP contribution >= 0.6 is 0 Å². The smallest absolute Gasteiger partial charge is 0.316 e. The number of ether oxygens (including phenoxy) is 1. The number of hydrogen-bond acceptors (Lipinski definition) is 1. The molecule has 0 rings (SSSR count). The van der Waals surface area contributed by atoms with Gasteiger partial charge in [0.2, 0.25) is 0 Å². The van der Waals surface area contributed by atoms with Crippen molar-refractivity contribution in [3.63, 3.8) is 0 Å². The number of halogens is 8. The van der Waals surface area contributed by atoms with Gasteiger partial charge in [-0.1, -0.05) is 0 Å². The van der Waals surface area contributed by atoms with Gasteiger partial charge in [0, 0.05) is 0 Å². The first kappa shape index (κ1) is 15.4. The predicted molar refractivity (Wildman–Crippen MR) is 37.1 cm³/mol. The van der Waals surface area contributed by atoms with Crippen LogP contribution < -0.4 is 0 Å². The molecule has 0 aromatic rings.